The number of ketones is 1. The lowest BCUT2D eigenvalue weighted by Gasteiger charge is -2.09. The summed E-state index contributed by atoms with van der Waals surface area (Å²) in [6.45, 7) is 5.26. The van der Waals surface area contributed by atoms with Crippen molar-refractivity contribution in [1.29, 1.82) is 0 Å². The maximum atomic E-state index is 11.6. The van der Waals surface area contributed by atoms with Gasteiger partial charge in [0.05, 0.1) is 0 Å². The van der Waals surface area contributed by atoms with Crippen LogP contribution in [-0.2, 0) is 4.79 Å². The Hall–Kier alpha value is -0.370. The largest absolute Gasteiger partial charge is 0.315 e. The van der Waals surface area contributed by atoms with Gasteiger partial charge in [-0.1, -0.05) is 39.5 Å². The summed E-state index contributed by atoms with van der Waals surface area (Å²) in [7, 11) is 0. The van der Waals surface area contributed by atoms with Gasteiger partial charge in [-0.05, 0) is 18.9 Å². The highest BCUT2D eigenvalue weighted by atomic mass is 16.1. The van der Waals surface area contributed by atoms with E-state index >= 15 is 0 Å². The molecule has 1 rings (SSSR count). The summed E-state index contributed by atoms with van der Waals surface area (Å²) in [5, 5.41) is 3.34. The number of Topliss-reactive ketones (excluding diaryl/α,β-unsaturated/α-hetero) is 1. The van der Waals surface area contributed by atoms with E-state index in [4.69, 9.17) is 0 Å². The predicted molar refractivity (Wildman–Crippen MR) is 64.0 cm³/mol. The number of carbonyl (C=O) groups excluding carboxylic acids is 1. The zero-order valence-corrected chi connectivity index (χ0v) is 10.2. The Kier molecular flexibility index (Phi) is 5.92. The van der Waals surface area contributed by atoms with E-state index in [1.165, 1.54) is 25.7 Å². The average molecular weight is 211 g/mol. The molecule has 0 spiro atoms. The van der Waals surface area contributed by atoms with Crippen LogP contribution in [0.4, 0.5) is 0 Å². The van der Waals surface area contributed by atoms with Crippen molar-refractivity contribution >= 4 is 5.78 Å². The minimum atomic E-state index is 0.479. The third-order valence-electron chi connectivity index (χ3n) is 3.18. The van der Waals surface area contributed by atoms with Crippen LogP contribution in [0.25, 0.3) is 0 Å². The van der Waals surface area contributed by atoms with Crippen LogP contribution < -0.4 is 5.32 Å². The van der Waals surface area contributed by atoms with Gasteiger partial charge in [-0.25, -0.2) is 0 Å². The molecule has 1 saturated carbocycles. The highest BCUT2D eigenvalue weighted by Gasteiger charge is 2.17. The molecule has 15 heavy (non-hydrogen) atoms. The van der Waals surface area contributed by atoms with Crippen molar-refractivity contribution in [2.24, 2.45) is 5.92 Å². The summed E-state index contributed by atoms with van der Waals surface area (Å²) >= 11 is 0. The van der Waals surface area contributed by atoms with Crippen LogP contribution in [0.2, 0.25) is 0 Å². The van der Waals surface area contributed by atoms with Crippen LogP contribution >= 0.6 is 0 Å². The zero-order valence-electron chi connectivity index (χ0n) is 10.2. The minimum Gasteiger partial charge on any atom is -0.315 e. The van der Waals surface area contributed by atoms with Gasteiger partial charge in [-0.2, -0.15) is 0 Å². The predicted octanol–water partition coefficient (Wildman–Crippen LogP) is 2.91. The molecule has 0 aromatic carbocycles. The third kappa shape index (κ3) is 5.93. The monoisotopic (exact) mass is 211 g/mol. The molecular formula is C13H25NO. The molecule has 2 heteroatoms. The summed E-state index contributed by atoms with van der Waals surface area (Å²) in [5.74, 6) is 1.20. The normalized spacial score (nSPS) is 17.5. The number of hydrogen-bond donors (Lipinski definition) is 1. The number of nitrogens with one attached hydrogen (secondary N) is 1. The van der Waals surface area contributed by atoms with Gasteiger partial charge < -0.3 is 5.32 Å². The lowest BCUT2D eigenvalue weighted by Crippen LogP contribution is -2.24. The maximum Gasteiger partial charge on any atom is 0.133 e. The fourth-order valence-electron chi connectivity index (χ4n) is 2.31. The molecule has 1 aliphatic rings. The van der Waals surface area contributed by atoms with E-state index in [0.717, 1.165) is 31.7 Å². The molecule has 0 amide bonds. The first-order chi connectivity index (χ1) is 7.18. The Balaban J connectivity index is 1.98. The quantitative estimate of drug-likeness (QED) is 0.656. The second-order valence-corrected chi connectivity index (χ2v) is 5.11. The molecule has 0 atom stereocenters. The fourth-order valence-corrected chi connectivity index (χ4v) is 2.31. The highest BCUT2D eigenvalue weighted by Crippen LogP contribution is 2.27. The Labute approximate surface area is 93.8 Å². The van der Waals surface area contributed by atoms with Gasteiger partial charge in [0.2, 0.25) is 0 Å². The fraction of sp³-hybridized carbons (Fsp3) is 0.923. The Bertz CT molecular complexity index is 183. The molecule has 0 heterocycles. The maximum absolute atomic E-state index is 11.6. The smallest absolute Gasteiger partial charge is 0.133 e. The molecule has 0 aliphatic heterocycles. The first kappa shape index (κ1) is 12.7. The van der Waals surface area contributed by atoms with Gasteiger partial charge in [-0.15, -0.1) is 0 Å². The van der Waals surface area contributed by atoms with Crippen LogP contribution in [0.3, 0.4) is 0 Å². The van der Waals surface area contributed by atoms with E-state index in [-0.39, 0.29) is 0 Å². The van der Waals surface area contributed by atoms with Crippen molar-refractivity contribution in [3.05, 3.63) is 0 Å². The van der Waals surface area contributed by atoms with E-state index in [9.17, 15) is 4.79 Å². The first-order valence-electron chi connectivity index (χ1n) is 6.43. The van der Waals surface area contributed by atoms with E-state index in [0.29, 0.717) is 11.8 Å². The van der Waals surface area contributed by atoms with Gasteiger partial charge in [0.15, 0.2) is 0 Å². The standard InChI is InChI=1S/C13H25NO/c1-11(2)14-9-5-8-13(15)10-12-6-3-4-7-12/h11-12,14H,3-10H2,1-2H3. The Morgan fingerprint density at radius 3 is 2.60 bits per heavy atom. The van der Waals surface area contributed by atoms with E-state index in [1.54, 1.807) is 0 Å². The van der Waals surface area contributed by atoms with Gasteiger partial charge in [0.25, 0.3) is 0 Å². The number of carbonyl (C=O) groups is 1. The third-order valence-corrected chi connectivity index (χ3v) is 3.18. The molecule has 0 aromatic heterocycles. The average Bonchev–Trinajstić information content (AvgIpc) is 2.64. The van der Waals surface area contributed by atoms with Gasteiger partial charge in [0, 0.05) is 18.9 Å². The second-order valence-electron chi connectivity index (χ2n) is 5.11. The van der Waals surface area contributed by atoms with Gasteiger partial charge in [0.1, 0.15) is 5.78 Å². The number of rotatable bonds is 7. The van der Waals surface area contributed by atoms with Crippen LogP contribution in [0.1, 0.15) is 58.8 Å². The molecule has 1 N–H and O–H groups in total. The van der Waals surface area contributed by atoms with Gasteiger partial charge >= 0.3 is 0 Å². The van der Waals surface area contributed by atoms with Crippen LogP contribution in [-0.4, -0.2) is 18.4 Å². The van der Waals surface area contributed by atoms with Crippen molar-refractivity contribution in [3.63, 3.8) is 0 Å². The van der Waals surface area contributed by atoms with E-state index in [2.05, 4.69) is 19.2 Å². The summed E-state index contributed by atoms with van der Waals surface area (Å²) < 4.78 is 0. The molecule has 1 aliphatic carbocycles. The molecular weight excluding hydrogens is 186 g/mol. The van der Waals surface area contributed by atoms with Crippen molar-refractivity contribution in [2.75, 3.05) is 6.54 Å². The highest BCUT2D eigenvalue weighted by molar-refractivity contribution is 5.78. The second kappa shape index (κ2) is 7.00. The lowest BCUT2D eigenvalue weighted by atomic mass is 9.99. The van der Waals surface area contributed by atoms with Crippen LogP contribution in [0, 0.1) is 5.92 Å². The van der Waals surface area contributed by atoms with Crippen molar-refractivity contribution in [3.8, 4) is 0 Å². The summed E-state index contributed by atoms with van der Waals surface area (Å²) in [6.07, 6.45) is 7.88. The molecule has 88 valence electrons. The van der Waals surface area contributed by atoms with Gasteiger partial charge in [-0.3, -0.25) is 4.79 Å². The first-order valence-corrected chi connectivity index (χ1v) is 6.43. The Morgan fingerprint density at radius 2 is 2.00 bits per heavy atom. The molecule has 0 saturated heterocycles. The molecule has 0 aromatic rings. The van der Waals surface area contributed by atoms with Crippen molar-refractivity contribution in [1.82, 2.24) is 5.32 Å². The summed E-state index contributed by atoms with van der Waals surface area (Å²) in [4.78, 5) is 11.6. The molecule has 0 unspecified atom stereocenters. The minimum absolute atomic E-state index is 0.479. The van der Waals surface area contributed by atoms with E-state index < -0.39 is 0 Å². The topological polar surface area (TPSA) is 29.1 Å². The SMILES string of the molecule is CC(C)NCCCC(=O)CC1CCCC1. The molecule has 0 bridgehead atoms. The Morgan fingerprint density at radius 1 is 1.33 bits per heavy atom. The molecule has 2 nitrogen and oxygen atoms in total. The summed E-state index contributed by atoms with van der Waals surface area (Å²) in [5.41, 5.74) is 0. The molecule has 1 fully saturated rings. The van der Waals surface area contributed by atoms with Crippen molar-refractivity contribution in [2.45, 2.75) is 64.8 Å². The molecule has 0 radical (unpaired) electrons. The van der Waals surface area contributed by atoms with Crippen LogP contribution in [0.15, 0.2) is 0 Å². The van der Waals surface area contributed by atoms with E-state index in [1.807, 2.05) is 0 Å². The zero-order chi connectivity index (χ0) is 11.1. The van der Waals surface area contributed by atoms with Crippen LogP contribution in [0.5, 0.6) is 0 Å². The summed E-state index contributed by atoms with van der Waals surface area (Å²) in [6, 6.07) is 0.537. The van der Waals surface area contributed by atoms with Crippen molar-refractivity contribution < 1.29 is 4.79 Å². The number of hydrogen-bond acceptors (Lipinski definition) is 2. The lowest BCUT2D eigenvalue weighted by molar-refractivity contribution is -0.120.